The summed E-state index contributed by atoms with van der Waals surface area (Å²) in [7, 11) is 4.05. The maximum atomic E-state index is 12.2. The summed E-state index contributed by atoms with van der Waals surface area (Å²) >= 11 is 0. The maximum Gasteiger partial charge on any atom is 0.269 e. The predicted molar refractivity (Wildman–Crippen MR) is 535 cm³/mol. The number of ether oxygens (including phenoxy) is 1. The van der Waals surface area contributed by atoms with Crippen molar-refractivity contribution in [2.75, 3.05) is 128 Å². The number of Topliss-reactive ketones (excluding diaryl/α,β-unsaturated/α-hetero) is 7. The molecule has 0 radical (unpaired) electrons. The van der Waals surface area contributed by atoms with Crippen LogP contribution in [-0.2, 0) is 94.5 Å². The van der Waals surface area contributed by atoms with E-state index in [1.54, 1.807) is 19.2 Å². The first-order valence-electron chi connectivity index (χ1n) is 44.4. The lowest BCUT2D eigenvalue weighted by Gasteiger charge is -2.18. The van der Waals surface area contributed by atoms with Crippen LogP contribution < -0.4 is 4.74 Å². The van der Waals surface area contributed by atoms with E-state index < -0.39 is 4.92 Å². The van der Waals surface area contributed by atoms with Crippen molar-refractivity contribution < 1.29 is 43.2 Å². The number of hydrogen-bond acceptors (Lipinski definition) is 10. The minimum absolute atomic E-state index is 0. The zero-order chi connectivity index (χ0) is 86.4. The average Bonchev–Trinajstić information content (AvgIpc) is 1.36. The van der Waals surface area contributed by atoms with Crippen molar-refractivity contribution in [3.05, 3.63) is 247 Å². The van der Waals surface area contributed by atoms with Crippen LogP contribution in [0.4, 0.5) is 5.69 Å². The molecule has 0 N–H and O–H groups in total. The Kier molecular flexibility index (Phi) is 49.9. The Labute approximate surface area is 750 Å². The van der Waals surface area contributed by atoms with Gasteiger partial charge in [0.15, 0.2) is 40.3 Å². The normalized spacial score (nSPS) is 15.5. The number of ketones is 7. The molecule has 0 aliphatic carbocycles. The predicted octanol–water partition coefficient (Wildman–Crippen LogP) is 22.5. The van der Waals surface area contributed by atoms with Crippen molar-refractivity contribution >= 4 is 122 Å². The van der Waals surface area contributed by atoms with Gasteiger partial charge in [-0.15, -0.1) is 0 Å². The van der Waals surface area contributed by atoms with Gasteiger partial charge in [-0.25, -0.2) is 0 Å². The van der Waals surface area contributed by atoms with E-state index in [4.69, 9.17) is 4.74 Å². The Morgan fingerprint density at radius 3 is 0.959 bits per heavy atom. The Morgan fingerprint density at radius 1 is 0.388 bits per heavy atom. The standard InChI is InChI=1S/3C16H23OS.C16H25OS.C13H17O2S.C13H17OS.C12H14NO3S.CH4/c1-16(2,3)14-8-6-13(7-9-14)15(17)12-18-10-4-5-11-18;1-13(2)11-14-5-7-15(8-6-14)16(17)12-18-9-3-4-10-18;1-2-3-6-14-7-9-15(10-8-14)16(17)13-18-11-4-5-12-18;1-3-5-12-18(13-6-4-2)14-16(17)15-10-8-7-9-11-15;1-15-12-6-4-11(5-7-12)13(14)10-16-8-2-3-9-16;1-11-4-6-12(7-5-11)13(14)10-15-8-2-3-9-15;14-12(9-17-7-1-2-8-17)10-3-5-11(6-4-10)13(15)16;/h6-9H,4-5,10-12H2,1-3H3;5-8,13H,3-4,9-12H2,1-2H3;7-10H,2-6,11-13H2,1H3;7-11H,3-6,12-14H2,1-2H3;4-7H,2-3,8-10H2,1H3;4-7H,2-3,8-10H2,1H3;3-6H,1-2,7-9H2;1H4/q7*+1;. The molecule has 6 aliphatic rings. The summed E-state index contributed by atoms with van der Waals surface area (Å²) in [5.74, 6) is 26.3. The van der Waals surface area contributed by atoms with Gasteiger partial charge in [0.05, 0.1) is 12.0 Å². The number of rotatable bonds is 34. The molecule has 6 saturated heterocycles. The fraction of sp³-hybridized carbons (Fsp3) is 0.524. The van der Waals surface area contributed by atoms with Gasteiger partial charge in [-0.1, -0.05) is 215 Å². The molecule has 7 aromatic rings. The highest BCUT2D eigenvalue weighted by molar-refractivity contribution is 7.99. The summed E-state index contributed by atoms with van der Waals surface area (Å²) in [5.41, 5.74) is 11.3. The summed E-state index contributed by atoms with van der Waals surface area (Å²) in [4.78, 5) is 94.5. The number of unbranched alkanes of at least 4 members (excludes halogenated alkanes) is 3. The van der Waals surface area contributed by atoms with Crippen molar-refractivity contribution in [1.29, 1.82) is 0 Å². The van der Waals surface area contributed by atoms with Gasteiger partial charge in [0.2, 0.25) is 40.5 Å². The highest BCUT2D eigenvalue weighted by Crippen LogP contribution is 2.26. The molecular weight excluding hydrogens is 1640 g/mol. The van der Waals surface area contributed by atoms with Crippen molar-refractivity contribution in [2.45, 2.75) is 204 Å². The summed E-state index contributed by atoms with van der Waals surface area (Å²) in [6.07, 6.45) is 25.3. The van der Waals surface area contributed by atoms with E-state index in [-0.39, 0.29) is 41.0 Å². The number of benzene rings is 7. The summed E-state index contributed by atoms with van der Waals surface area (Å²) in [6, 6.07) is 55.8. The van der Waals surface area contributed by atoms with Crippen LogP contribution >= 0.6 is 0 Å². The lowest BCUT2D eigenvalue weighted by molar-refractivity contribution is -0.384. The molecule has 0 saturated carbocycles. The second kappa shape index (κ2) is 58.2. The Morgan fingerprint density at radius 2 is 0.669 bits per heavy atom. The highest BCUT2D eigenvalue weighted by atomic mass is 32.2. The van der Waals surface area contributed by atoms with Gasteiger partial charge in [-0.2, -0.15) is 0 Å². The van der Waals surface area contributed by atoms with Crippen LogP contribution in [0.1, 0.15) is 273 Å². The molecule has 18 heteroatoms. The topological polar surface area (TPSA) is 172 Å². The van der Waals surface area contributed by atoms with E-state index in [2.05, 4.69) is 91.8 Å². The minimum Gasteiger partial charge on any atom is -0.497 e. The number of hydrogen-bond donors (Lipinski definition) is 0. The first-order chi connectivity index (χ1) is 57.9. The van der Waals surface area contributed by atoms with Crippen LogP contribution in [0, 0.1) is 23.0 Å². The molecule has 0 unspecified atom stereocenters. The lowest BCUT2D eigenvalue weighted by Crippen LogP contribution is -2.22. The van der Waals surface area contributed by atoms with Gasteiger partial charge in [0.25, 0.3) is 5.69 Å². The van der Waals surface area contributed by atoms with Gasteiger partial charge >= 0.3 is 0 Å². The molecule has 11 nitrogen and oxygen atoms in total. The number of carbonyl (C=O) groups is 7. The molecule has 0 aromatic heterocycles. The van der Waals surface area contributed by atoms with Crippen LogP contribution in [0.25, 0.3) is 0 Å². The SMILES string of the molecule is C.CC(C)(C)c1ccc(C(=O)C[S+]2CCCC2)cc1.CC(C)Cc1ccc(C(=O)C[S+]2CCCC2)cc1.CCCC[S+](CCCC)CC(=O)c1ccccc1.CCCCc1ccc(C(=O)C[S+]2CCCC2)cc1.COc1ccc(C(=O)C[S+]2CCCC2)cc1.Cc1ccc(C(=O)C[S+]2CCCC2)cc1.O=C(C[S+]1CCCC1)c1ccc([N+](=O)[O-])cc1. The van der Waals surface area contributed by atoms with Crippen LogP contribution in [0.3, 0.4) is 0 Å². The van der Waals surface area contributed by atoms with E-state index in [1.807, 2.05) is 122 Å². The molecule has 121 heavy (non-hydrogen) atoms. The van der Waals surface area contributed by atoms with E-state index in [9.17, 15) is 43.7 Å². The first kappa shape index (κ1) is 104. The number of carbonyl (C=O) groups excluding carboxylic acids is 7. The fourth-order valence-corrected chi connectivity index (χ4v) is 30.5. The van der Waals surface area contributed by atoms with Crippen molar-refractivity contribution in [1.82, 2.24) is 0 Å². The molecule has 7 aromatic carbocycles. The number of non-ortho nitro benzene ring substituents is 1. The van der Waals surface area contributed by atoms with Crippen molar-refractivity contribution in [2.24, 2.45) is 5.92 Å². The third-order valence-electron chi connectivity index (χ3n) is 22.0. The van der Waals surface area contributed by atoms with Gasteiger partial charge in [0.1, 0.15) is 86.3 Å². The number of aryl methyl sites for hydroxylation is 2. The molecule has 0 atom stereocenters. The quantitative estimate of drug-likeness (QED) is 0.0164. The number of nitrogens with zero attached hydrogens (tertiary/aromatic N) is 1. The molecule has 0 spiro atoms. The highest BCUT2D eigenvalue weighted by Gasteiger charge is 2.33. The minimum atomic E-state index is -0.451. The Bertz CT molecular complexity index is 4130. The second-order valence-corrected chi connectivity index (χ2v) is 50.1. The molecular formula is C103H146NO10S7+7. The third-order valence-corrected chi connectivity index (χ3v) is 38.8. The summed E-state index contributed by atoms with van der Waals surface area (Å²) in [5, 5.41) is 10.5. The number of nitro benzene ring substituents is 1. The molecule has 6 fully saturated rings. The van der Waals surface area contributed by atoms with Crippen molar-refractivity contribution in [3.8, 4) is 5.75 Å². The third kappa shape index (κ3) is 40.4. The van der Waals surface area contributed by atoms with Gasteiger partial charge in [-0.05, 0) is 257 Å². The fourth-order valence-electron chi connectivity index (χ4n) is 14.6. The molecule has 0 amide bonds. The summed E-state index contributed by atoms with van der Waals surface area (Å²) < 4.78 is 5.07. The molecule has 0 bridgehead atoms. The van der Waals surface area contributed by atoms with Gasteiger partial charge < -0.3 is 4.74 Å². The monoisotopic (exact) mass is 1780 g/mol. The molecule has 6 aliphatic heterocycles. The van der Waals surface area contributed by atoms with Crippen molar-refractivity contribution in [3.63, 3.8) is 0 Å². The van der Waals surface area contributed by atoms with Gasteiger partial charge in [0, 0.05) is 51.1 Å². The molecule has 658 valence electrons. The number of methoxy groups -OCH3 is 1. The lowest BCUT2D eigenvalue weighted by atomic mass is 9.86. The van der Waals surface area contributed by atoms with E-state index in [0.717, 1.165) is 86.5 Å². The van der Waals surface area contributed by atoms with Crippen LogP contribution in [0.15, 0.2) is 176 Å². The number of nitro groups is 1. The molecule has 6 heterocycles. The van der Waals surface area contributed by atoms with E-state index in [1.165, 1.54) is 231 Å². The van der Waals surface area contributed by atoms with Crippen LogP contribution in [0.5, 0.6) is 5.75 Å². The van der Waals surface area contributed by atoms with Crippen LogP contribution in [-0.4, -0.2) is 173 Å². The van der Waals surface area contributed by atoms with Gasteiger partial charge in [-0.3, -0.25) is 43.7 Å². The first-order valence-corrected chi connectivity index (χ1v) is 56.5. The average molecular weight is 1780 g/mol. The molecule has 13 rings (SSSR count). The van der Waals surface area contributed by atoms with E-state index in [0.29, 0.717) is 112 Å². The Balaban J connectivity index is 0.000000219. The smallest absolute Gasteiger partial charge is 0.269 e. The Hall–Kier alpha value is -6.12. The van der Waals surface area contributed by atoms with E-state index >= 15 is 0 Å². The van der Waals surface area contributed by atoms with Crippen LogP contribution in [0.2, 0.25) is 0 Å². The maximum absolute atomic E-state index is 12.2. The largest absolute Gasteiger partial charge is 0.497 e. The second-order valence-electron chi connectivity index (χ2n) is 33.8. The summed E-state index contributed by atoms with van der Waals surface area (Å²) in [6.45, 7) is 19.7. The zero-order valence-corrected chi connectivity index (χ0v) is 79.9. The zero-order valence-electron chi connectivity index (χ0n) is 74.2.